The van der Waals surface area contributed by atoms with Crippen LogP contribution in [0.15, 0.2) is 59.6 Å². The number of morpholine rings is 1. The molecule has 1 aromatic heterocycles. The number of carbonyl (C=O) groups is 4. The molecule has 0 bridgehead atoms. The van der Waals surface area contributed by atoms with Crippen LogP contribution in [0, 0.1) is 0 Å². The first-order valence-electron chi connectivity index (χ1n) is 11.4. The molecule has 0 saturated carbocycles. The van der Waals surface area contributed by atoms with E-state index < -0.39 is 17.1 Å². The lowest BCUT2D eigenvalue weighted by Gasteiger charge is -2.28. The number of rotatable bonds is 6. The van der Waals surface area contributed by atoms with Gasteiger partial charge in [0.1, 0.15) is 6.54 Å². The number of hydrogen-bond donors (Lipinski definition) is 1. The van der Waals surface area contributed by atoms with Gasteiger partial charge in [0.2, 0.25) is 5.91 Å². The van der Waals surface area contributed by atoms with Crippen LogP contribution >= 0.6 is 11.8 Å². The summed E-state index contributed by atoms with van der Waals surface area (Å²) < 4.78 is 7.23. The topological polar surface area (TPSA) is 109 Å². The molecule has 0 unspecified atom stereocenters. The molecule has 2 saturated heterocycles. The Morgan fingerprint density at radius 1 is 1.06 bits per heavy atom. The molecule has 3 amide bonds. The van der Waals surface area contributed by atoms with Crippen LogP contribution in [-0.4, -0.2) is 75.3 Å². The summed E-state index contributed by atoms with van der Waals surface area (Å²) in [5, 5.41) is 9.72. The fourth-order valence-electron chi connectivity index (χ4n) is 4.35. The molecule has 0 aliphatic carbocycles. The SMILES string of the molecule is O=C(O)c1cccc(Cn2cc(/C=C3/SC(=O)N(CC(=O)N4CCOCC4)C3=O)c3ccccc32)c1. The van der Waals surface area contributed by atoms with Gasteiger partial charge in [-0.15, -0.1) is 0 Å². The maximum absolute atomic E-state index is 13.0. The Morgan fingerprint density at radius 3 is 2.61 bits per heavy atom. The fourth-order valence-corrected chi connectivity index (χ4v) is 5.18. The van der Waals surface area contributed by atoms with E-state index in [1.165, 1.54) is 0 Å². The number of aromatic nitrogens is 1. The quantitative estimate of drug-likeness (QED) is 0.512. The van der Waals surface area contributed by atoms with Gasteiger partial charge in [0, 0.05) is 42.3 Å². The van der Waals surface area contributed by atoms with E-state index in [0.717, 1.165) is 38.7 Å². The summed E-state index contributed by atoms with van der Waals surface area (Å²) in [5.41, 5.74) is 2.70. The van der Waals surface area contributed by atoms with E-state index >= 15 is 0 Å². The number of amides is 3. The molecule has 0 spiro atoms. The summed E-state index contributed by atoms with van der Waals surface area (Å²) in [4.78, 5) is 52.4. The number of carbonyl (C=O) groups excluding carboxylic acids is 3. The minimum Gasteiger partial charge on any atom is -0.478 e. The molecule has 0 atom stereocenters. The molecule has 2 aromatic carbocycles. The Kier molecular flexibility index (Phi) is 6.62. The standard InChI is InChI=1S/C26H23N3O6S/c30-23(27-8-10-35-11-9-27)16-29-24(31)22(36-26(29)34)13-19-15-28(21-7-2-1-6-20(19)21)14-17-4-3-5-18(12-17)25(32)33/h1-7,12-13,15H,8-11,14,16H2,(H,32,33)/b22-13+. The predicted octanol–water partition coefficient (Wildman–Crippen LogP) is 3.28. The van der Waals surface area contributed by atoms with Crippen molar-refractivity contribution in [2.24, 2.45) is 0 Å². The zero-order valence-electron chi connectivity index (χ0n) is 19.3. The van der Waals surface area contributed by atoms with Crippen molar-refractivity contribution in [1.82, 2.24) is 14.4 Å². The zero-order valence-corrected chi connectivity index (χ0v) is 20.1. The average molecular weight is 506 g/mol. The van der Waals surface area contributed by atoms with Gasteiger partial charge in [-0.25, -0.2) is 4.79 Å². The number of thioether (sulfide) groups is 1. The Hall–Kier alpha value is -3.89. The van der Waals surface area contributed by atoms with Crippen molar-refractivity contribution in [3.05, 3.63) is 76.3 Å². The van der Waals surface area contributed by atoms with Gasteiger partial charge in [-0.3, -0.25) is 19.3 Å². The van der Waals surface area contributed by atoms with Crippen LogP contribution in [0.4, 0.5) is 4.79 Å². The third-order valence-electron chi connectivity index (χ3n) is 6.16. The summed E-state index contributed by atoms with van der Waals surface area (Å²) in [5.74, 6) is -1.75. The molecule has 5 rings (SSSR count). The summed E-state index contributed by atoms with van der Waals surface area (Å²) in [6.07, 6.45) is 3.56. The minimum atomic E-state index is -0.988. The minimum absolute atomic E-state index is 0.212. The Labute approximate surface area is 210 Å². The summed E-state index contributed by atoms with van der Waals surface area (Å²) in [6.45, 7) is 1.92. The number of imide groups is 1. The number of para-hydroxylation sites is 1. The van der Waals surface area contributed by atoms with Crippen LogP contribution in [0.3, 0.4) is 0 Å². The highest BCUT2D eigenvalue weighted by Gasteiger charge is 2.37. The second-order valence-corrected chi connectivity index (χ2v) is 9.49. The molecule has 1 N–H and O–H groups in total. The van der Waals surface area contributed by atoms with Gasteiger partial charge in [0.15, 0.2) is 0 Å². The summed E-state index contributed by atoms with van der Waals surface area (Å²) >= 11 is 0.821. The van der Waals surface area contributed by atoms with Crippen LogP contribution in [-0.2, 0) is 20.9 Å². The number of benzene rings is 2. The molecule has 36 heavy (non-hydrogen) atoms. The molecule has 9 nitrogen and oxygen atoms in total. The number of carboxylic acid groups (broad SMARTS) is 1. The van der Waals surface area contributed by atoms with Crippen LogP contribution < -0.4 is 0 Å². The molecule has 3 heterocycles. The largest absolute Gasteiger partial charge is 0.478 e. The number of fused-ring (bicyclic) bond motifs is 1. The van der Waals surface area contributed by atoms with Crippen LogP contribution in [0.2, 0.25) is 0 Å². The molecule has 2 aliphatic heterocycles. The summed E-state index contributed by atoms with van der Waals surface area (Å²) in [7, 11) is 0. The first-order chi connectivity index (χ1) is 17.4. The fraction of sp³-hybridized carbons (Fsp3) is 0.231. The smallest absolute Gasteiger partial charge is 0.335 e. The first kappa shape index (κ1) is 23.8. The van der Waals surface area contributed by atoms with Crippen molar-refractivity contribution >= 4 is 51.8 Å². The van der Waals surface area contributed by atoms with Crippen molar-refractivity contribution < 1.29 is 29.0 Å². The maximum Gasteiger partial charge on any atom is 0.335 e. The molecule has 2 aliphatic rings. The van der Waals surface area contributed by atoms with E-state index in [-0.39, 0.29) is 22.9 Å². The van der Waals surface area contributed by atoms with E-state index in [9.17, 15) is 24.3 Å². The van der Waals surface area contributed by atoms with Gasteiger partial charge >= 0.3 is 5.97 Å². The number of aromatic carboxylic acids is 1. The Bertz CT molecular complexity index is 1410. The van der Waals surface area contributed by atoms with Crippen molar-refractivity contribution in [2.75, 3.05) is 32.8 Å². The Balaban J connectivity index is 1.40. The monoisotopic (exact) mass is 505 g/mol. The molecule has 184 valence electrons. The lowest BCUT2D eigenvalue weighted by atomic mass is 10.1. The van der Waals surface area contributed by atoms with Crippen molar-refractivity contribution in [3.8, 4) is 0 Å². The zero-order chi connectivity index (χ0) is 25.2. The van der Waals surface area contributed by atoms with Gasteiger partial charge in [-0.2, -0.15) is 0 Å². The van der Waals surface area contributed by atoms with E-state index in [2.05, 4.69) is 0 Å². The molecule has 0 radical (unpaired) electrons. The van der Waals surface area contributed by atoms with Crippen LogP contribution in [0.5, 0.6) is 0 Å². The highest BCUT2D eigenvalue weighted by atomic mass is 32.2. The highest BCUT2D eigenvalue weighted by molar-refractivity contribution is 8.18. The molecule has 2 fully saturated rings. The lowest BCUT2D eigenvalue weighted by Crippen LogP contribution is -2.46. The number of hydrogen-bond acceptors (Lipinski definition) is 6. The molecular formula is C26H23N3O6S. The number of ether oxygens (including phenoxy) is 1. The predicted molar refractivity (Wildman–Crippen MR) is 135 cm³/mol. The van der Waals surface area contributed by atoms with Crippen molar-refractivity contribution in [2.45, 2.75) is 6.54 Å². The summed E-state index contributed by atoms with van der Waals surface area (Å²) in [6, 6.07) is 14.4. The van der Waals surface area contributed by atoms with Gasteiger partial charge in [-0.1, -0.05) is 30.3 Å². The van der Waals surface area contributed by atoms with Gasteiger partial charge < -0.3 is 19.3 Å². The van der Waals surface area contributed by atoms with Gasteiger partial charge in [0.25, 0.3) is 11.1 Å². The third kappa shape index (κ3) is 4.77. The third-order valence-corrected chi connectivity index (χ3v) is 7.07. The van der Waals surface area contributed by atoms with Crippen molar-refractivity contribution in [3.63, 3.8) is 0 Å². The number of nitrogens with zero attached hydrogens (tertiary/aromatic N) is 3. The maximum atomic E-state index is 13.0. The van der Waals surface area contributed by atoms with Crippen LogP contribution in [0.25, 0.3) is 17.0 Å². The second kappa shape index (κ2) is 10.00. The van der Waals surface area contributed by atoms with Crippen molar-refractivity contribution in [1.29, 1.82) is 0 Å². The van der Waals surface area contributed by atoms with Gasteiger partial charge in [-0.05, 0) is 41.6 Å². The van der Waals surface area contributed by atoms with E-state index in [1.807, 2.05) is 41.1 Å². The normalized spacial score (nSPS) is 17.4. The Morgan fingerprint density at radius 2 is 1.83 bits per heavy atom. The van der Waals surface area contributed by atoms with Crippen LogP contribution in [0.1, 0.15) is 21.5 Å². The lowest BCUT2D eigenvalue weighted by molar-refractivity contribution is -0.139. The highest BCUT2D eigenvalue weighted by Crippen LogP contribution is 2.34. The van der Waals surface area contributed by atoms with E-state index in [0.29, 0.717) is 32.8 Å². The average Bonchev–Trinajstić information content (AvgIpc) is 3.36. The molecule has 10 heteroatoms. The first-order valence-corrected chi connectivity index (χ1v) is 12.2. The van der Waals surface area contributed by atoms with E-state index in [4.69, 9.17) is 4.74 Å². The number of carboxylic acids is 1. The second-order valence-electron chi connectivity index (χ2n) is 8.50. The molecule has 3 aromatic rings. The van der Waals surface area contributed by atoms with Gasteiger partial charge in [0.05, 0.1) is 23.7 Å². The molecular weight excluding hydrogens is 482 g/mol. The van der Waals surface area contributed by atoms with E-state index in [1.54, 1.807) is 29.2 Å².